The first-order valence-electron chi connectivity index (χ1n) is 12.6. The molecular formula is C26H35FN3O8P. The van der Waals surface area contributed by atoms with Crippen LogP contribution in [-0.4, -0.2) is 83.2 Å². The number of halogens is 1. The van der Waals surface area contributed by atoms with E-state index in [-0.39, 0.29) is 23.5 Å². The molecule has 4 N–H and O–H groups in total. The van der Waals surface area contributed by atoms with Crippen molar-refractivity contribution in [2.75, 3.05) is 46.9 Å². The number of fused-ring (bicyclic) bond motifs is 1. The van der Waals surface area contributed by atoms with E-state index in [1.165, 1.54) is 29.8 Å². The Bertz CT molecular complexity index is 1180. The molecule has 2 aromatic carbocycles. The molecule has 4 rings (SSSR count). The Hall–Kier alpha value is -3.02. The van der Waals surface area contributed by atoms with Gasteiger partial charge >= 0.3 is 7.82 Å². The van der Waals surface area contributed by atoms with Crippen LogP contribution in [0.3, 0.4) is 0 Å². The molecule has 0 spiro atoms. The van der Waals surface area contributed by atoms with E-state index in [0.29, 0.717) is 44.0 Å². The van der Waals surface area contributed by atoms with Gasteiger partial charge in [0.15, 0.2) is 11.5 Å². The fourth-order valence-corrected chi connectivity index (χ4v) is 4.82. The van der Waals surface area contributed by atoms with Crippen LogP contribution in [0.2, 0.25) is 0 Å². The van der Waals surface area contributed by atoms with Crippen LogP contribution in [0.4, 0.5) is 4.39 Å². The molecule has 0 saturated carbocycles. The van der Waals surface area contributed by atoms with E-state index in [4.69, 9.17) is 28.7 Å². The lowest BCUT2D eigenvalue weighted by Crippen LogP contribution is -2.47. The lowest BCUT2D eigenvalue weighted by molar-refractivity contribution is -0.138. The van der Waals surface area contributed by atoms with Crippen LogP contribution in [-0.2, 0) is 22.3 Å². The number of amides is 2. The molecule has 1 fully saturated rings. The van der Waals surface area contributed by atoms with E-state index in [1.54, 1.807) is 14.2 Å². The van der Waals surface area contributed by atoms with Gasteiger partial charge in [-0.2, -0.15) is 0 Å². The maximum absolute atomic E-state index is 13.3. The van der Waals surface area contributed by atoms with Crippen LogP contribution in [0.5, 0.6) is 11.5 Å². The van der Waals surface area contributed by atoms with Crippen LogP contribution >= 0.6 is 7.82 Å². The third-order valence-electron chi connectivity index (χ3n) is 6.70. The number of nitrogens with zero attached hydrogens (tertiary/aromatic N) is 2. The summed E-state index contributed by atoms with van der Waals surface area (Å²) < 4.78 is 32.8. The summed E-state index contributed by atoms with van der Waals surface area (Å²) in [5, 5.41) is 2.88. The molecule has 13 heteroatoms. The largest absolute Gasteiger partial charge is 0.493 e. The molecule has 2 aliphatic heterocycles. The predicted molar refractivity (Wildman–Crippen MR) is 141 cm³/mol. The number of hydrogen-bond donors (Lipinski definition) is 4. The monoisotopic (exact) mass is 567 g/mol. The predicted octanol–water partition coefficient (Wildman–Crippen LogP) is 1.94. The van der Waals surface area contributed by atoms with E-state index in [2.05, 4.69) is 10.2 Å². The zero-order valence-electron chi connectivity index (χ0n) is 22.0. The fraction of sp³-hybridized carbons (Fsp3) is 0.462. The Labute approximate surface area is 226 Å². The molecule has 0 radical (unpaired) electrons. The second-order valence-electron chi connectivity index (χ2n) is 9.40. The van der Waals surface area contributed by atoms with Crippen LogP contribution in [0.15, 0.2) is 36.4 Å². The first-order chi connectivity index (χ1) is 18.5. The molecule has 0 unspecified atom stereocenters. The van der Waals surface area contributed by atoms with Crippen LogP contribution in [0.25, 0.3) is 0 Å². The van der Waals surface area contributed by atoms with E-state index >= 15 is 0 Å². The van der Waals surface area contributed by atoms with Gasteiger partial charge in [-0.05, 0) is 73.3 Å². The molecule has 0 aliphatic carbocycles. The number of likely N-dealkylation sites (tertiary alicyclic amines) is 1. The van der Waals surface area contributed by atoms with Gasteiger partial charge in [-0.3, -0.25) is 9.59 Å². The zero-order valence-corrected chi connectivity index (χ0v) is 22.9. The fourth-order valence-electron chi connectivity index (χ4n) is 4.82. The SMILES string of the molecule is COc1cc2c(cc1OC)CN(C(=O)[C@@H]1CCCN(CCNC(=O)c3ccc(F)cc3)C1)CC2.O=P(O)(O)O. The van der Waals surface area contributed by atoms with Crippen LogP contribution in [0.1, 0.15) is 34.3 Å². The lowest BCUT2D eigenvalue weighted by atomic mass is 9.93. The van der Waals surface area contributed by atoms with Crippen molar-refractivity contribution >= 4 is 19.6 Å². The number of carbonyl (C=O) groups excluding carboxylic acids is 2. The van der Waals surface area contributed by atoms with Crippen LogP contribution in [0, 0.1) is 11.7 Å². The van der Waals surface area contributed by atoms with E-state index < -0.39 is 7.82 Å². The maximum atomic E-state index is 13.3. The number of ether oxygens (including phenoxy) is 2. The van der Waals surface area contributed by atoms with Gasteiger partial charge in [-0.25, -0.2) is 8.96 Å². The minimum Gasteiger partial charge on any atom is -0.493 e. The van der Waals surface area contributed by atoms with Gasteiger partial charge in [0.25, 0.3) is 5.91 Å². The molecule has 2 aliphatic rings. The Morgan fingerprint density at radius 1 is 1.05 bits per heavy atom. The van der Waals surface area contributed by atoms with Crippen molar-refractivity contribution in [3.8, 4) is 11.5 Å². The van der Waals surface area contributed by atoms with Gasteiger partial charge in [-0.15, -0.1) is 0 Å². The van der Waals surface area contributed by atoms with Crippen LogP contribution < -0.4 is 14.8 Å². The van der Waals surface area contributed by atoms with Crippen molar-refractivity contribution in [1.29, 1.82) is 0 Å². The van der Waals surface area contributed by atoms with Gasteiger partial charge in [-0.1, -0.05) is 0 Å². The van der Waals surface area contributed by atoms with Gasteiger partial charge < -0.3 is 39.3 Å². The summed E-state index contributed by atoms with van der Waals surface area (Å²) in [5.74, 6) is 0.974. The number of benzene rings is 2. The maximum Gasteiger partial charge on any atom is 0.466 e. The number of hydrogen-bond acceptors (Lipinski definition) is 6. The quantitative estimate of drug-likeness (QED) is 0.368. The smallest absolute Gasteiger partial charge is 0.466 e. The molecule has 0 aromatic heterocycles. The Morgan fingerprint density at radius 3 is 2.28 bits per heavy atom. The zero-order chi connectivity index (χ0) is 28.6. The topological polar surface area (TPSA) is 149 Å². The molecule has 214 valence electrons. The molecule has 2 heterocycles. The summed E-state index contributed by atoms with van der Waals surface area (Å²) in [6.07, 6.45) is 2.64. The number of methoxy groups -OCH3 is 2. The minimum absolute atomic E-state index is 0.0387. The lowest BCUT2D eigenvalue weighted by Gasteiger charge is -2.37. The van der Waals surface area contributed by atoms with Gasteiger partial charge in [0, 0.05) is 38.3 Å². The number of carbonyl (C=O) groups is 2. The summed E-state index contributed by atoms with van der Waals surface area (Å²) in [6.45, 7) is 4.05. The number of rotatable bonds is 7. The van der Waals surface area contributed by atoms with Crippen molar-refractivity contribution in [1.82, 2.24) is 15.1 Å². The second-order valence-corrected chi connectivity index (χ2v) is 10.4. The average Bonchev–Trinajstić information content (AvgIpc) is 2.91. The Kier molecular flexibility index (Phi) is 10.8. The van der Waals surface area contributed by atoms with Crippen molar-refractivity contribution in [3.63, 3.8) is 0 Å². The third kappa shape index (κ3) is 9.29. The van der Waals surface area contributed by atoms with Crippen molar-refractivity contribution in [2.45, 2.75) is 25.8 Å². The molecule has 1 atom stereocenters. The molecule has 2 amide bonds. The van der Waals surface area contributed by atoms with Gasteiger partial charge in [0.05, 0.1) is 20.1 Å². The van der Waals surface area contributed by atoms with E-state index in [1.807, 2.05) is 17.0 Å². The van der Waals surface area contributed by atoms with Crippen molar-refractivity contribution < 1.29 is 42.7 Å². The molecule has 2 aromatic rings. The summed E-state index contributed by atoms with van der Waals surface area (Å²) in [7, 11) is -1.39. The van der Waals surface area contributed by atoms with E-state index in [9.17, 15) is 14.0 Å². The highest BCUT2D eigenvalue weighted by molar-refractivity contribution is 7.45. The summed E-state index contributed by atoms with van der Waals surface area (Å²) in [5.41, 5.74) is 2.74. The number of phosphoric acid groups is 1. The summed E-state index contributed by atoms with van der Waals surface area (Å²) in [6, 6.07) is 9.50. The van der Waals surface area contributed by atoms with E-state index in [0.717, 1.165) is 37.1 Å². The Balaban J connectivity index is 0.000000771. The molecule has 39 heavy (non-hydrogen) atoms. The van der Waals surface area contributed by atoms with Gasteiger partial charge in [0.2, 0.25) is 5.91 Å². The summed E-state index contributed by atoms with van der Waals surface area (Å²) in [4.78, 5) is 51.3. The average molecular weight is 568 g/mol. The first-order valence-corrected chi connectivity index (χ1v) is 14.1. The second kappa shape index (κ2) is 13.9. The summed E-state index contributed by atoms with van der Waals surface area (Å²) >= 11 is 0. The number of nitrogens with one attached hydrogen (secondary N) is 1. The molecule has 1 saturated heterocycles. The first kappa shape index (κ1) is 30.5. The molecule has 0 bridgehead atoms. The highest BCUT2D eigenvalue weighted by atomic mass is 31.2. The highest BCUT2D eigenvalue weighted by Gasteiger charge is 2.31. The highest BCUT2D eigenvalue weighted by Crippen LogP contribution is 2.34. The normalized spacial score (nSPS) is 17.4. The minimum atomic E-state index is -4.64. The standard InChI is InChI=1S/C26H32FN3O4.H3O4P/c1-33-23-14-19-9-12-30(17-21(19)15-24(23)34-2)26(32)20-4-3-11-29(16-20)13-10-28-25(31)18-5-7-22(27)8-6-18;1-5(2,3)4/h5-8,14-15,20H,3-4,9-13,16-17H2,1-2H3,(H,28,31);(H3,1,2,3,4)/t20-;/m1./s1. The third-order valence-corrected chi connectivity index (χ3v) is 6.70. The number of piperidine rings is 1. The van der Waals surface area contributed by atoms with Gasteiger partial charge in [0.1, 0.15) is 5.82 Å². The van der Waals surface area contributed by atoms with Crippen molar-refractivity contribution in [2.24, 2.45) is 5.92 Å². The Morgan fingerprint density at radius 2 is 1.67 bits per heavy atom. The van der Waals surface area contributed by atoms with Crippen molar-refractivity contribution in [3.05, 3.63) is 58.9 Å². The molecular weight excluding hydrogens is 532 g/mol. The molecule has 11 nitrogen and oxygen atoms in total.